The van der Waals surface area contributed by atoms with E-state index in [4.69, 9.17) is 0 Å². The summed E-state index contributed by atoms with van der Waals surface area (Å²) in [6.45, 7) is 3.72. The van der Waals surface area contributed by atoms with Gasteiger partial charge in [0.15, 0.2) is 0 Å². The monoisotopic (exact) mass is 324 g/mol. The van der Waals surface area contributed by atoms with Crippen LogP contribution in [0.15, 0.2) is 53.9 Å². The second kappa shape index (κ2) is 8.57. The highest BCUT2D eigenvalue weighted by Gasteiger charge is 2.08. The summed E-state index contributed by atoms with van der Waals surface area (Å²) in [4.78, 5) is 27.8. The maximum Gasteiger partial charge on any atom is 0.272 e. The van der Waals surface area contributed by atoms with Crippen molar-refractivity contribution in [3.8, 4) is 0 Å². The molecule has 0 atom stereocenters. The molecule has 0 aliphatic heterocycles. The fraction of sp³-hybridized carbons (Fsp3) is 0.222. The predicted molar refractivity (Wildman–Crippen MR) is 93.9 cm³/mol. The predicted octanol–water partition coefficient (Wildman–Crippen LogP) is 2.78. The van der Waals surface area contributed by atoms with Crippen molar-refractivity contribution in [2.75, 3.05) is 5.32 Å². The van der Waals surface area contributed by atoms with Crippen molar-refractivity contribution < 1.29 is 9.59 Å². The van der Waals surface area contributed by atoms with Crippen LogP contribution in [0.4, 0.5) is 5.69 Å². The maximum absolute atomic E-state index is 12.1. The van der Waals surface area contributed by atoms with Crippen LogP contribution in [0.3, 0.4) is 0 Å². The number of hydrazone groups is 1. The molecule has 2 aromatic rings. The zero-order chi connectivity index (χ0) is 17.4. The quantitative estimate of drug-likeness (QED) is 0.633. The molecule has 1 aromatic carbocycles. The van der Waals surface area contributed by atoms with E-state index in [9.17, 15) is 9.59 Å². The molecule has 0 saturated carbocycles. The number of benzene rings is 1. The molecule has 6 nitrogen and oxygen atoms in total. The van der Waals surface area contributed by atoms with Crippen LogP contribution in [0.5, 0.6) is 0 Å². The SMILES string of the molecule is CCc1ccccc1NC(=O)C/C(C)=N/NC(=O)c1cccnc1. The second-order valence-electron chi connectivity index (χ2n) is 5.27. The van der Waals surface area contributed by atoms with Crippen LogP contribution in [0.2, 0.25) is 0 Å². The Morgan fingerprint density at radius 3 is 2.67 bits per heavy atom. The molecule has 0 unspecified atom stereocenters. The number of carbonyl (C=O) groups is 2. The first-order valence-corrected chi connectivity index (χ1v) is 7.71. The van der Waals surface area contributed by atoms with Crippen LogP contribution in [-0.4, -0.2) is 22.5 Å². The third kappa shape index (κ3) is 5.01. The number of para-hydroxylation sites is 1. The van der Waals surface area contributed by atoms with Crippen LogP contribution in [0.1, 0.15) is 36.2 Å². The second-order valence-corrected chi connectivity index (χ2v) is 5.27. The lowest BCUT2D eigenvalue weighted by atomic mass is 10.1. The molecule has 2 rings (SSSR count). The Balaban J connectivity index is 1.90. The van der Waals surface area contributed by atoms with E-state index in [1.165, 1.54) is 6.20 Å². The molecule has 1 heterocycles. The first kappa shape index (κ1) is 17.3. The number of hydrogen-bond acceptors (Lipinski definition) is 4. The number of aryl methyl sites for hydroxylation is 1. The van der Waals surface area contributed by atoms with Gasteiger partial charge in [-0.15, -0.1) is 0 Å². The Bertz CT molecular complexity index is 742. The van der Waals surface area contributed by atoms with E-state index in [1.807, 2.05) is 31.2 Å². The minimum Gasteiger partial charge on any atom is -0.326 e. The highest BCUT2D eigenvalue weighted by molar-refractivity contribution is 6.06. The van der Waals surface area contributed by atoms with Crippen LogP contribution >= 0.6 is 0 Å². The molecule has 0 saturated heterocycles. The van der Waals surface area contributed by atoms with Crippen LogP contribution in [0, 0.1) is 0 Å². The molecular weight excluding hydrogens is 304 g/mol. The highest BCUT2D eigenvalue weighted by Crippen LogP contribution is 2.15. The van der Waals surface area contributed by atoms with E-state index >= 15 is 0 Å². The van der Waals surface area contributed by atoms with Gasteiger partial charge in [-0.2, -0.15) is 5.10 Å². The summed E-state index contributed by atoms with van der Waals surface area (Å²) in [6, 6.07) is 11.0. The number of nitrogens with one attached hydrogen (secondary N) is 2. The van der Waals surface area contributed by atoms with Gasteiger partial charge in [-0.1, -0.05) is 25.1 Å². The lowest BCUT2D eigenvalue weighted by molar-refractivity contribution is -0.115. The minimum atomic E-state index is -0.362. The largest absolute Gasteiger partial charge is 0.326 e. The standard InChI is InChI=1S/C18H20N4O2/c1-3-14-7-4-5-9-16(14)20-17(23)11-13(2)21-22-18(24)15-8-6-10-19-12-15/h4-10,12H,3,11H2,1-2H3,(H,20,23)(H,22,24)/b21-13+. The fourth-order valence-electron chi connectivity index (χ4n) is 2.12. The number of rotatable bonds is 6. The molecule has 2 amide bonds. The van der Waals surface area contributed by atoms with E-state index in [0.717, 1.165) is 17.7 Å². The number of aromatic nitrogens is 1. The normalized spacial score (nSPS) is 11.0. The third-order valence-corrected chi connectivity index (χ3v) is 3.36. The first-order chi connectivity index (χ1) is 11.6. The van der Waals surface area contributed by atoms with Gasteiger partial charge in [-0.25, -0.2) is 5.43 Å². The van der Waals surface area contributed by atoms with Gasteiger partial charge < -0.3 is 5.32 Å². The lowest BCUT2D eigenvalue weighted by Gasteiger charge is -2.09. The van der Waals surface area contributed by atoms with Crippen molar-refractivity contribution in [1.82, 2.24) is 10.4 Å². The number of anilines is 1. The Morgan fingerprint density at radius 1 is 1.17 bits per heavy atom. The number of pyridine rings is 1. The first-order valence-electron chi connectivity index (χ1n) is 7.71. The van der Waals surface area contributed by atoms with Crippen molar-refractivity contribution >= 4 is 23.2 Å². The Labute approximate surface area is 141 Å². The molecule has 24 heavy (non-hydrogen) atoms. The summed E-state index contributed by atoms with van der Waals surface area (Å²) in [6.07, 6.45) is 3.98. The van der Waals surface area contributed by atoms with Gasteiger partial charge in [0.25, 0.3) is 5.91 Å². The molecule has 0 fully saturated rings. The van der Waals surface area contributed by atoms with Gasteiger partial charge in [-0.3, -0.25) is 14.6 Å². The lowest BCUT2D eigenvalue weighted by Crippen LogP contribution is -2.21. The van der Waals surface area contributed by atoms with Gasteiger partial charge in [0.05, 0.1) is 12.0 Å². The molecule has 0 aliphatic carbocycles. The summed E-state index contributed by atoms with van der Waals surface area (Å²) < 4.78 is 0. The number of amides is 2. The highest BCUT2D eigenvalue weighted by atomic mass is 16.2. The van der Waals surface area contributed by atoms with Gasteiger partial charge >= 0.3 is 0 Å². The smallest absolute Gasteiger partial charge is 0.272 e. The number of nitrogens with zero attached hydrogens (tertiary/aromatic N) is 2. The van der Waals surface area contributed by atoms with E-state index in [1.54, 1.807) is 25.3 Å². The number of carbonyl (C=O) groups excluding carboxylic acids is 2. The van der Waals surface area contributed by atoms with Crippen molar-refractivity contribution in [3.63, 3.8) is 0 Å². The molecule has 0 spiro atoms. The van der Waals surface area contributed by atoms with E-state index in [2.05, 4.69) is 20.8 Å². The summed E-state index contributed by atoms with van der Waals surface area (Å²) >= 11 is 0. The minimum absolute atomic E-state index is 0.103. The van der Waals surface area contributed by atoms with Gasteiger partial charge in [0.1, 0.15) is 0 Å². The summed E-state index contributed by atoms with van der Waals surface area (Å²) in [5, 5.41) is 6.82. The fourth-order valence-corrected chi connectivity index (χ4v) is 2.12. The molecule has 0 radical (unpaired) electrons. The summed E-state index contributed by atoms with van der Waals surface area (Å²) in [5.74, 6) is -0.535. The number of hydrogen-bond donors (Lipinski definition) is 2. The average Bonchev–Trinajstić information content (AvgIpc) is 2.60. The maximum atomic E-state index is 12.1. The Morgan fingerprint density at radius 2 is 1.96 bits per heavy atom. The van der Waals surface area contributed by atoms with Crippen molar-refractivity contribution in [3.05, 3.63) is 59.9 Å². The van der Waals surface area contributed by atoms with E-state index < -0.39 is 0 Å². The average molecular weight is 324 g/mol. The van der Waals surface area contributed by atoms with E-state index in [0.29, 0.717) is 11.3 Å². The molecule has 1 aromatic heterocycles. The molecule has 2 N–H and O–H groups in total. The van der Waals surface area contributed by atoms with Gasteiger partial charge in [0, 0.05) is 23.8 Å². The summed E-state index contributed by atoms with van der Waals surface area (Å²) in [7, 11) is 0. The Hall–Kier alpha value is -3.02. The van der Waals surface area contributed by atoms with Crippen LogP contribution in [-0.2, 0) is 11.2 Å². The molecule has 6 heteroatoms. The molecule has 124 valence electrons. The zero-order valence-electron chi connectivity index (χ0n) is 13.7. The van der Waals surface area contributed by atoms with Crippen molar-refractivity contribution in [1.29, 1.82) is 0 Å². The molecule has 0 bridgehead atoms. The molecule has 0 aliphatic rings. The van der Waals surface area contributed by atoms with Gasteiger partial charge in [0.2, 0.25) is 5.91 Å². The van der Waals surface area contributed by atoms with Gasteiger partial charge in [-0.05, 0) is 37.1 Å². The van der Waals surface area contributed by atoms with E-state index in [-0.39, 0.29) is 18.2 Å². The van der Waals surface area contributed by atoms with Crippen molar-refractivity contribution in [2.24, 2.45) is 5.10 Å². The summed E-state index contributed by atoms with van der Waals surface area (Å²) in [5.41, 5.74) is 5.22. The zero-order valence-corrected chi connectivity index (χ0v) is 13.7. The van der Waals surface area contributed by atoms with Crippen LogP contribution in [0.25, 0.3) is 0 Å². The molecular formula is C18H20N4O2. The third-order valence-electron chi connectivity index (χ3n) is 3.36. The van der Waals surface area contributed by atoms with Crippen molar-refractivity contribution in [2.45, 2.75) is 26.7 Å². The topological polar surface area (TPSA) is 83.5 Å². The Kier molecular flexibility index (Phi) is 6.19. The van der Waals surface area contributed by atoms with Crippen LogP contribution < -0.4 is 10.7 Å².